The van der Waals surface area contributed by atoms with Crippen molar-refractivity contribution in [1.82, 2.24) is 10.2 Å². The molecule has 1 aromatic carbocycles. The Kier molecular flexibility index (Phi) is 4.13. The van der Waals surface area contributed by atoms with Crippen LogP contribution < -0.4 is 14.8 Å². The molecule has 0 spiro atoms. The molecular formula is C16H24N2O2. The molecule has 4 nitrogen and oxygen atoms in total. The highest BCUT2D eigenvalue weighted by Gasteiger charge is 2.18. The zero-order valence-corrected chi connectivity index (χ0v) is 12.4. The van der Waals surface area contributed by atoms with Gasteiger partial charge in [0.15, 0.2) is 11.5 Å². The summed E-state index contributed by atoms with van der Waals surface area (Å²) in [7, 11) is 0. The summed E-state index contributed by atoms with van der Waals surface area (Å²) in [6, 6.07) is 7.02. The summed E-state index contributed by atoms with van der Waals surface area (Å²) >= 11 is 0. The van der Waals surface area contributed by atoms with Crippen LogP contribution in [-0.4, -0.2) is 37.4 Å². The van der Waals surface area contributed by atoms with Gasteiger partial charge >= 0.3 is 0 Å². The molecule has 0 aliphatic carbocycles. The fourth-order valence-electron chi connectivity index (χ4n) is 3.11. The first-order chi connectivity index (χ1) is 9.72. The van der Waals surface area contributed by atoms with E-state index in [4.69, 9.17) is 9.47 Å². The number of hydrogen-bond donors (Lipinski definition) is 1. The Bertz CT molecular complexity index is 458. The highest BCUT2D eigenvalue weighted by atomic mass is 16.7. The van der Waals surface area contributed by atoms with E-state index in [2.05, 4.69) is 36.2 Å². The summed E-state index contributed by atoms with van der Waals surface area (Å²) in [5.41, 5.74) is 1.25. The highest BCUT2D eigenvalue weighted by molar-refractivity contribution is 5.45. The molecule has 0 bridgehead atoms. The molecule has 3 rings (SSSR count). The summed E-state index contributed by atoms with van der Waals surface area (Å²) in [5, 5.41) is 3.68. The predicted molar refractivity (Wildman–Crippen MR) is 79.3 cm³/mol. The minimum atomic E-state index is 0.321. The van der Waals surface area contributed by atoms with Crippen LogP contribution in [-0.2, 0) is 0 Å². The number of ether oxygens (including phenoxy) is 2. The van der Waals surface area contributed by atoms with Crippen LogP contribution >= 0.6 is 0 Å². The third-order valence-electron chi connectivity index (χ3n) is 4.16. The summed E-state index contributed by atoms with van der Waals surface area (Å²) in [4.78, 5) is 2.55. The van der Waals surface area contributed by atoms with E-state index in [1.54, 1.807) is 0 Å². The quantitative estimate of drug-likeness (QED) is 0.896. The average Bonchev–Trinajstić information content (AvgIpc) is 3.07. The summed E-state index contributed by atoms with van der Waals surface area (Å²) in [6.45, 7) is 8.45. The molecule has 4 heteroatoms. The van der Waals surface area contributed by atoms with Gasteiger partial charge in [-0.15, -0.1) is 0 Å². The van der Waals surface area contributed by atoms with E-state index in [1.807, 2.05) is 6.07 Å². The number of fused-ring (bicyclic) bond motifs is 1. The normalized spacial score (nSPS) is 21.1. The molecule has 20 heavy (non-hydrogen) atoms. The fraction of sp³-hybridized carbons (Fsp3) is 0.625. The van der Waals surface area contributed by atoms with Gasteiger partial charge in [-0.25, -0.2) is 0 Å². The first-order valence-corrected chi connectivity index (χ1v) is 7.60. The minimum absolute atomic E-state index is 0.321. The van der Waals surface area contributed by atoms with Crippen LogP contribution in [0, 0.1) is 0 Å². The second-order valence-electron chi connectivity index (χ2n) is 5.91. The van der Waals surface area contributed by atoms with E-state index in [0.717, 1.165) is 18.0 Å². The Morgan fingerprint density at radius 1 is 1.15 bits per heavy atom. The van der Waals surface area contributed by atoms with Crippen LogP contribution in [0.4, 0.5) is 0 Å². The van der Waals surface area contributed by atoms with Crippen molar-refractivity contribution in [2.24, 2.45) is 0 Å². The molecule has 1 N–H and O–H groups in total. The Morgan fingerprint density at radius 3 is 2.70 bits per heavy atom. The van der Waals surface area contributed by atoms with Crippen molar-refractivity contribution in [3.8, 4) is 11.5 Å². The molecule has 0 amide bonds. The smallest absolute Gasteiger partial charge is 0.231 e. The van der Waals surface area contributed by atoms with Gasteiger partial charge < -0.3 is 19.7 Å². The van der Waals surface area contributed by atoms with Crippen molar-refractivity contribution in [1.29, 1.82) is 0 Å². The zero-order chi connectivity index (χ0) is 13.9. The molecule has 1 aromatic rings. The van der Waals surface area contributed by atoms with Crippen LogP contribution in [0.2, 0.25) is 0 Å². The number of nitrogens with one attached hydrogen (secondary N) is 1. The Morgan fingerprint density at radius 2 is 1.90 bits per heavy atom. The lowest BCUT2D eigenvalue weighted by molar-refractivity contribution is 0.174. The third kappa shape index (κ3) is 3.07. The van der Waals surface area contributed by atoms with Gasteiger partial charge in [0.2, 0.25) is 6.79 Å². The topological polar surface area (TPSA) is 33.7 Å². The van der Waals surface area contributed by atoms with Crippen LogP contribution in [0.1, 0.15) is 38.3 Å². The lowest BCUT2D eigenvalue weighted by Gasteiger charge is -2.25. The zero-order valence-electron chi connectivity index (χ0n) is 12.4. The SMILES string of the molecule is CC(CN1CCCC1)NC(C)c1ccc2c(c1)OCO2. The molecule has 0 saturated carbocycles. The highest BCUT2D eigenvalue weighted by Crippen LogP contribution is 2.34. The van der Waals surface area contributed by atoms with Crippen molar-refractivity contribution in [3.05, 3.63) is 23.8 Å². The molecular weight excluding hydrogens is 252 g/mol. The van der Waals surface area contributed by atoms with Gasteiger partial charge in [0.25, 0.3) is 0 Å². The number of likely N-dealkylation sites (tertiary alicyclic amines) is 1. The number of nitrogens with zero attached hydrogens (tertiary/aromatic N) is 1. The van der Waals surface area contributed by atoms with Gasteiger partial charge in [0.1, 0.15) is 0 Å². The molecule has 0 radical (unpaired) electrons. The van der Waals surface area contributed by atoms with Gasteiger partial charge in [-0.2, -0.15) is 0 Å². The monoisotopic (exact) mass is 276 g/mol. The lowest BCUT2D eigenvalue weighted by atomic mass is 10.1. The number of rotatable bonds is 5. The molecule has 2 heterocycles. The van der Waals surface area contributed by atoms with Gasteiger partial charge in [-0.1, -0.05) is 6.07 Å². The van der Waals surface area contributed by atoms with Gasteiger partial charge in [-0.05, 0) is 57.5 Å². The summed E-state index contributed by atoms with van der Waals surface area (Å²) in [5.74, 6) is 1.72. The van der Waals surface area contributed by atoms with Crippen molar-refractivity contribution in [2.75, 3.05) is 26.4 Å². The van der Waals surface area contributed by atoms with E-state index in [9.17, 15) is 0 Å². The molecule has 110 valence electrons. The first-order valence-electron chi connectivity index (χ1n) is 7.60. The maximum absolute atomic E-state index is 5.44. The molecule has 1 saturated heterocycles. The first kappa shape index (κ1) is 13.7. The minimum Gasteiger partial charge on any atom is -0.454 e. The summed E-state index contributed by atoms with van der Waals surface area (Å²) < 4.78 is 10.8. The van der Waals surface area contributed by atoms with Crippen LogP contribution in [0.15, 0.2) is 18.2 Å². The van der Waals surface area contributed by atoms with Crippen molar-refractivity contribution < 1.29 is 9.47 Å². The number of benzene rings is 1. The van der Waals surface area contributed by atoms with Crippen LogP contribution in [0.5, 0.6) is 11.5 Å². The van der Waals surface area contributed by atoms with E-state index in [-0.39, 0.29) is 0 Å². The van der Waals surface area contributed by atoms with E-state index < -0.39 is 0 Å². The second kappa shape index (κ2) is 6.02. The molecule has 2 aliphatic heterocycles. The molecule has 2 unspecified atom stereocenters. The van der Waals surface area contributed by atoms with Crippen molar-refractivity contribution in [2.45, 2.75) is 38.8 Å². The molecule has 2 atom stereocenters. The van der Waals surface area contributed by atoms with Gasteiger partial charge in [0.05, 0.1) is 0 Å². The maximum atomic E-state index is 5.44. The Labute approximate surface area is 121 Å². The standard InChI is InChI=1S/C16H24N2O2/c1-12(10-18-7-3-4-8-18)17-13(2)14-5-6-15-16(9-14)20-11-19-15/h5-6,9,12-13,17H,3-4,7-8,10-11H2,1-2H3. The van der Waals surface area contributed by atoms with E-state index in [1.165, 1.54) is 31.5 Å². The van der Waals surface area contributed by atoms with Crippen LogP contribution in [0.25, 0.3) is 0 Å². The van der Waals surface area contributed by atoms with Crippen molar-refractivity contribution in [3.63, 3.8) is 0 Å². The third-order valence-corrected chi connectivity index (χ3v) is 4.16. The Balaban J connectivity index is 1.56. The molecule has 1 fully saturated rings. The van der Waals surface area contributed by atoms with Crippen molar-refractivity contribution >= 4 is 0 Å². The Hall–Kier alpha value is -1.26. The molecule has 2 aliphatic rings. The largest absolute Gasteiger partial charge is 0.454 e. The second-order valence-corrected chi connectivity index (χ2v) is 5.91. The summed E-state index contributed by atoms with van der Waals surface area (Å²) in [6.07, 6.45) is 2.70. The van der Waals surface area contributed by atoms with E-state index in [0.29, 0.717) is 18.9 Å². The maximum Gasteiger partial charge on any atom is 0.231 e. The average molecular weight is 276 g/mol. The van der Waals surface area contributed by atoms with E-state index >= 15 is 0 Å². The number of hydrogen-bond acceptors (Lipinski definition) is 4. The van der Waals surface area contributed by atoms with Gasteiger partial charge in [-0.3, -0.25) is 0 Å². The van der Waals surface area contributed by atoms with Gasteiger partial charge in [0, 0.05) is 18.6 Å². The fourth-order valence-corrected chi connectivity index (χ4v) is 3.11. The predicted octanol–water partition coefficient (Wildman–Crippen LogP) is 2.55. The molecule has 0 aromatic heterocycles. The lowest BCUT2D eigenvalue weighted by Crippen LogP contribution is -2.39. The van der Waals surface area contributed by atoms with Crippen LogP contribution in [0.3, 0.4) is 0 Å².